The summed E-state index contributed by atoms with van der Waals surface area (Å²) in [5.41, 5.74) is 9.41. The highest BCUT2D eigenvalue weighted by Gasteiger charge is 2.37. The number of aromatic nitrogens is 2. The molecular weight excluding hydrogens is 222 g/mol. The van der Waals surface area contributed by atoms with Crippen molar-refractivity contribution >= 4 is 0 Å². The molecule has 1 unspecified atom stereocenters. The summed E-state index contributed by atoms with van der Waals surface area (Å²) in [6.07, 6.45) is 5.78. The van der Waals surface area contributed by atoms with Crippen molar-refractivity contribution < 1.29 is 0 Å². The number of nitrogens with two attached hydrogens (primary N) is 1. The van der Waals surface area contributed by atoms with E-state index in [-0.39, 0.29) is 5.54 Å². The lowest BCUT2D eigenvalue weighted by atomic mass is 9.67. The van der Waals surface area contributed by atoms with Gasteiger partial charge in [0, 0.05) is 24.2 Å². The predicted molar refractivity (Wildman–Crippen MR) is 75.5 cm³/mol. The number of aryl methyl sites for hydroxylation is 2. The van der Waals surface area contributed by atoms with Crippen LogP contribution in [0.4, 0.5) is 0 Å². The van der Waals surface area contributed by atoms with Crippen LogP contribution in [0.1, 0.15) is 57.8 Å². The van der Waals surface area contributed by atoms with E-state index in [9.17, 15) is 0 Å². The van der Waals surface area contributed by atoms with Crippen molar-refractivity contribution in [2.75, 3.05) is 0 Å². The highest BCUT2D eigenvalue weighted by Crippen LogP contribution is 2.41. The largest absolute Gasteiger partial charge is 0.325 e. The molecule has 102 valence electrons. The molecule has 3 nitrogen and oxygen atoms in total. The van der Waals surface area contributed by atoms with Gasteiger partial charge in [-0.15, -0.1) is 0 Å². The Kier molecular flexibility index (Phi) is 3.54. The molecule has 2 rings (SSSR count). The van der Waals surface area contributed by atoms with Gasteiger partial charge in [0.25, 0.3) is 0 Å². The molecule has 0 amide bonds. The third-order valence-electron chi connectivity index (χ3n) is 4.18. The summed E-state index contributed by atoms with van der Waals surface area (Å²) in [6.45, 7) is 9.82. The number of hydrogen-bond acceptors (Lipinski definition) is 2. The molecule has 0 spiro atoms. The zero-order chi connectivity index (χ0) is 13.4. The van der Waals surface area contributed by atoms with Gasteiger partial charge >= 0.3 is 0 Å². The molecule has 18 heavy (non-hydrogen) atoms. The lowest BCUT2D eigenvalue weighted by molar-refractivity contribution is 0.149. The maximum Gasteiger partial charge on any atom is 0.0596 e. The van der Waals surface area contributed by atoms with Gasteiger partial charge in [0.05, 0.1) is 5.69 Å². The third kappa shape index (κ3) is 2.94. The van der Waals surface area contributed by atoms with Gasteiger partial charge in [-0.25, -0.2) is 0 Å². The van der Waals surface area contributed by atoms with Gasteiger partial charge in [-0.05, 0) is 44.6 Å². The van der Waals surface area contributed by atoms with Gasteiger partial charge in [-0.2, -0.15) is 5.10 Å². The van der Waals surface area contributed by atoms with Crippen molar-refractivity contribution in [3.8, 4) is 0 Å². The Labute approximate surface area is 111 Å². The average Bonchev–Trinajstić information content (AvgIpc) is 2.55. The molecule has 0 aliphatic heterocycles. The fraction of sp³-hybridized carbons (Fsp3) is 0.800. The quantitative estimate of drug-likeness (QED) is 0.894. The van der Waals surface area contributed by atoms with Crippen LogP contribution >= 0.6 is 0 Å². The normalized spacial score (nSPS) is 27.4. The molecule has 0 aromatic carbocycles. The van der Waals surface area contributed by atoms with Crippen LogP contribution in [0, 0.1) is 12.3 Å². The van der Waals surface area contributed by atoms with Crippen molar-refractivity contribution in [3.63, 3.8) is 0 Å². The van der Waals surface area contributed by atoms with E-state index in [4.69, 9.17) is 5.73 Å². The first-order chi connectivity index (χ1) is 8.34. The minimum absolute atomic E-state index is 0.0405. The maximum absolute atomic E-state index is 6.66. The minimum atomic E-state index is -0.0405. The first kappa shape index (κ1) is 13.6. The molecule has 2 N–H and O–H groups in total. The van der Waals surface area contributed by atoms with E-state index in [1.165, 1.54) is 18.5 Å². The van der Waals surface area contributed by atoms with Crippen LogP contribution in [-0.2, 0) is 13.0 Å². The molecule has 3 heteroatoms. The lowest BCUT2D eigenvalue weighted by Gasteiger charge is -2.42. The molecule has 1 aliphatic rings. The molecule has 1 aromatic heterocycles. The Morgan fingerprint density at radius 1 is 1.39 bits per heavy atom. The average molecular weight is 249 g/mol. The SMILES string of the molecule is CCn1nc(C)cc1CC1(N)CCCC(C)(C)C1. The fourth-order valence-electron chi connectivity index (χ4n) is 3.58. The van der Waals surface area contributed by atoms with Crippen molar-refractivity contribution in [1.82, 2.24) is 9.78 Å². The van der Waals surface area contributed by atoms with Gasteiger partial charge in [-0.3, -0.25) is 4.68 Å². The molecule has 0 bridgehead atoms. The van der Waals surface area contributed by atoms with Crippen molar-refractivity contribution in [1.29, 1.82) is 0 Å². The molecule has 1 heterocycles. The molecule has 1 saturated carbocycles. The van der Waals surface area contributed by atoms with Gasteiger partial charge < -0.3 is 5.73 Å². The van der Waals surface area contributed by atoms with Gasteiger partial charge in [-0.1, -0.05) is 20.3 Å². The van der Waals surface area contributed by atoms with E-state index in [1.807, 2.05) is 0 Å². The van der Waals surface area contributed by atoms with Crippen molar-refractivity contribution in [2.45, 2.75) is 71.9 Å². The van der Waals surface area contributed by atoms with Gasteiger partial charge in [0.1, 0.15) is 0 Å². The molecule has 1 fully saturated rings. The van der Waals surface area contributed by atoms with Crippen LogP contribution in [0.3, 0.4) is 0 Å². The highest BCUT2D eigenvalue weighted by molar-refractivity contribution is 5.14. The second kappa shape index (κ2) is 4.69. The zero-order valence-corrected chi connectivity index (χ0v) is 12.3. The van der Waals surface area contributed by atoms with Crippen LogP contribution in [0.15, 0.2) is 6.07 Å². The highest BCUT2D eigenvalue weighted by atomic mass is 15.3. The van der Waals surface area contributed by atoms with E-state index in [1.54, 1.807) is 0 Å². The van der Waals surface area contributed by atoms with E-state index in [0.29, 0.717) is 5.41 Å². The molecule has 0 saturated heterocycles. The van der Waals surface area contributed by atoms with Crippen LogP contribution in [0.5, 0.6) is 0 Å². The Morgan fingerprint density at radius 3 is 2.72 bits per heavy atom. The van der Waals surface area contributed by atoms with Crippen LogP contribution in [0.25, 0.3) is 0 Å². The monoisotopic (exact) mass is 249 g/mol. The van der Waals surface area contributed by atoms with Crippen LogP contribution in [-0.4, -0.2) is 15.3 Å². The summed E-state index contributed by atoms with van der Waals surface area (Å²) < 4.78 is 2.10. The van der Waals surface area contributed by atoms with Crippen molar-refractivity contribution in [3.05, 3.63) is 17.5 Å². The van der Waals surface area contributed by atoms with Gasteiger partial charge in [0.2, 0.25) is 0 Å². The molecular formula is C15H27N3. The molecule has 1 aliphatic carbocycles. The summed E-state index contributed by atoms with van der Waals surface area (Å²) in [4.78, 5) is 0. The van der Waals surface area contributed by atoms with Crippen LogP contribution in [0.2, 0.25) is 0 Å². The van der Waals surface area contributed by atoms with E-state index in [2.05, 4.69) is 43.5 Å². The number of hydrogen-bond donors (Lipinski definition) is 1. The Bertz CT molecular complexity index is 419. The predicted octanol–water partition coefficient (Wildman–Crippen LogP) is 3.05. The second-order valence-corrected chi connectivity index (χ2v) is 6.83. The zero-order valence-electron chi connectivity index (χ0n) is 12.3. The maximum atomic E-state index is 6.66. The minimum Gasteiger partial charge on any atom is -0.325 e. The second-order valence-electron chi connectivity index (χ2n) is 6.83. The standard InChI is InChI=1S/C15H27N3/c1-5-18-13(9-12(2)17-18)10-15(16)8-6-7-14(3,4)11-15/h9H,5-8,10-11,16H2,1-4H3. The van der Waals surface area contributed by atoms with E-state index < -0.39 is 0 Å². The summed E-state index contributed by atoms with van der Waals surface area (Å²) in [6, 6.07) is 2.19. The smallest absolute Gasteiger partial charge is 0.0596 e. The Balaban J connectivity index is 2.16. The molecule has 0 radical (unpaired) electrons. The summed E-state index contributed by atoms with van der Waals surface area (Å²) in [5.74, 6) is 0. The first-order valence-corrected chi connectivity index (χ1v) is 7.16. The summed E-state index contributed by atoms with van der Waals surface area (Å²) in [7, 11) is 0. The summed E-state index contributed by atoms with van der Waals surface area (Å²) in [5, 5.41) is 4.52. The number of rotatable bonds is 3. The Morgan fingerprint density at radius 2 is 2.11 bits per heavy atom. The topological polar surface area (TPSA) is 43.8 Å². The first-order valence-electron chi connectivity index (χ1n) is 7.16. The fourth-order valence-corrected chi connectivity index (χ4v) is 3.58. The van der Waals surface area contributed by atoms with E-state index in [0.717, 1.165) is 31.5 Å². The Hall–Kier alpha value is -0.830. The van der Waals surface area contributed by atoms with Crippen molar-refractivity contribution in [2.24, 2.45) is 11.1 Å². The van der Waals surface area contributed by atoms with E-state index >= 15 is 0 Å². The lowest BCUT2D eigenvalue weighted by Crippen LogP contribution is -2.48. The van der Waals surface area contributed by atoms with Crippen LogP contribution < -0.4 is 5.73 Å². The number of nitrogens with zero attached hydrogens (tertiary/aromatic N) is 2. The molecule has 1 aromatic rings. The summed E-state index contributed by atoms with van der Waals surface area (Å²) >= 11 is 0. The van der Waals surface area contributed by atoms with Gasteiger partial charge in [0.15, 0.2) is 0 Å². The third-order valence-corrected chi connectivity index (χ3v) is 4.18. The molecule has 1 atom stereocenters.